The van der Waals surface area contributed by atoms with Crippen LogP contribution in [0.25, 0.3) is 0 Å². The monoisotopic (exact) mass is 281 g/mol. The number of amides is 2. The third-order valence-corrected chi connectivity index (χ3v) is 9.48. The van der Waals surface area contributed by atoms with Crippen LogP contribution in [0.2, 0.25) is 18.1 Å². The molecule has 0 bridgehead atoms. The number of carbonyl (C=O) groups excluding carboxylic acids is 2. The van der Waals surface area contributed by atoms with Gasteiger partial charge in [0.05, 0.1) is 12.6 Å². The number of imide groups is 1. The number of hydrogen-bond acceptors (Lipinski definition) is 3. The normalized spacial score (nSPS) is 30.5. The number of rotatable bonds is 3. The maximum absolute atomic E-state index is 12.0. The minimum absolute atomic E-state index is 0.0151. The molecule has 2 amide bonds. The Labute approximate surface area is 117 Å². The molecule has 1 saturated carbocycles. The van der Waals surface area contributed by atoms with Crippen LogP contribution in [0.4, 0.5) is 4.79 Å². The van der Waals surface area contributed by atoms with Crippen LogP contribution in [0.1, 0.15) is 27.2 Å². The molecule has 106 valence electrons. The molecule has 2 rings (SSSR count). The maximum Gasteiger partial charge on any atom is 0.232 e. The molecule has 0 aromatic heterocycles. The smallest absolute Gasteiger partial charge is 0.232 e. The van der Waals surface area contributed by atoms with Crippen LogP contribution in [0.3, 0.4) is 0 Å². The maximum atomic E-state index is 12.0. The Morgan fingerprint density at radius 1 is 1.47 bits per heavy atom. The molecule has 1 saturated heterocycles. The lowest BCUT2D eigenvalue weighted by Gasteiger charge is -2.38. The molecular formula is C13H24BNO3Si. The average Bonchev–Trinajstić information content (AvgIpc) is 2.96. The summed E-state index contributed by atoms with van der Waals surface area (Å²) in [6.45, 7) is 11.5. The summed E-state index contributed by atoms with van der Waals surface area (Å²) in [5, 5.41) is 0.152. The summed E-state index contributed by atoms with van der Waals surface area (Å²) < 4.78 is 6.20. The zero-order valence-electron chi connectivity index (χ0n) is 12.8. The van der Waals surface area contributed by atoms with Gasteiger partial charge in [-0.25, -0.2) is 0 Å². The minimum Gasteiger partial charge on any atom is -0.415 e. The Kier molecular flexibility index (Phi) is 3.46. The number of hydrogen-bond donors (Lipinski definition) is 0. The molecule has 1 heterocycles. The third kappa shape index (κ3) is 2.52. The molecule has 2 aliphatic rings. The zero-order chi connectivity index (χ0) is 14.6. The lowest BCUT2D eigenvalue weighted by atomic mass is 10.1. The second-order valence-electron chi connectivity index (χ2n) is 7.37. The number of fused-ring (bicyclic) bond motifs is 1. The van der Waals surface area contributed by atoms with E-state index in [1.54, 1.807) is 0 Å². The molecule has 0 spiro atoms. The first-order valence-electron chi connectivity index (χ1n) is 7.04. The van der Waals surface area contributed by atoms with Crippen molar-refractivity contribution >= 4 is 27.9 Å². The fraction of sp³-hybridized carbons (Fsp3) is 0.846. The quantitative estimate of drug-likeness (QED) is 0.738. The fourth-order valence-electron chi connectivity index (χ4n) is 2.55. The van der Waals surface area contributed by atoms with E-state index < -0.39 is 8.32 Å². The van der Waals surface area contributed by atoms with Crippen LogP contribution >= 0.6 is 0 Å². The third-order valence-electron chi connectivity index (χ3n) is 4.98. The Hall–Kier alpha value is -0.618. The highest BCUT2D eigenvalue weighted by Crippen LogP contribution is 2.51. The summed E-state index contributed by atoms with van der Waals surface area (Å²) in [6, 6.07) is -0.0240. The highest BCUT2D eigenvalue weighted by molar-refractivity contribution is 6.74. The molecule has 19 heavy (non-hydrogen) atoms. The summed E-state index contributed by atoms with van der Waals surface area (Å²) in [5.41, 5.74) is 0. The van der Waals surface area contributed by atoms with Crippen LogP contribution in [0.15, 0.2) is 0 Å². The van der Waals surface area contributed by atoms with E-state index in [0.717, 1.165) is 6.42 Å². The summed E-state index contributed by atoms with van der Waals surface area (Å²) in [6.07, 6.45) is 0.939. The van der Waals surface area contributed by atoms with Crippen molar-refractivity contribution in [2.45, 2.75) is 51.4 Å². The van der Waals surface area contributed by atoms with E-state index in [1.165, 1.54) is 12.7 Å². The van der Waals surface area contributed by atoms with Gasteiger partial charge in [0.1, 0.15) is 0 Å². The number of piperidine rings is 1. The van der Waals surface area contributed by atoms with Gasteiger partial charge in [0.2, 0.25) is 13.8 Å². The summed E-state index contributed by atoms with van der Waals surface area (Å²) in [5.74, 6) is 0.320. The van der Waals surface area contributed by atoms with Crippen molar-refractivity contribution in [2.24, 2.45) is 11.8 Å². The van der Waals surface area contributed by atoms with Crippen LogP contribution in [0.5, 0.6) is 0 Å². The van der Waals surface area contributed by atoms with Crippen molar-refractivity contribution in [1.29, 1.82) is 0 Å². The molecule has 0 N–H and O–H groups in total. The Bertz CT molecular complexity index is 419. The van der Waals surface area contributed by atoms with Crippen molar-refractivity contribution in [3.8, 4) is 0 Å². The highest BCUT2D eigenvalue weighted by atomic mass is 28.4. The number of carbonyl (C=O) groups is 2. The van der Waals surface area contributed by atoms with E-state index in [-0.39, 0.29) is 28.7 Å². The highest BCUT2D eigenvalue weighted by Gasteiger charge is 2.59. The molecule has 0 aromatic rings. The second kappa shape index (κ2) is 4.45. The molecule has 1 aliphatic heterocycles. The van der Waals surface area contributed by atoms with Crippen molar-refractivity contribution in [3.05, 3.63) is 0 Å². The van der Waals surface area contributed by atoms with Gasteiger partial charge in [-0.1, -0.05) is 20.8 Å². The molecule has 2 fully saturated rings. The van der Waals surface area contributed by atoms with Crippen molar-refractivity contribution < 1.29 is 14.0 Å². The van der Waals surface area contributed by atoms with E-state index in [2.05, 4.69) is 33.9 Å². The SMILES string of the molecule is BC(=O)N1C(=O)C2CC2[C@H]1CO[Si](C)(C)C(C)(C)C. The zero-order valence-corrected chi connectivity index (χ0v) is 13.8. The first-order chi connectivity index (χ1) is 8.56. The van der Waals surface area contributed by atoms with Gasteiger partial charge in [0.15, 0.2) is 14.1 Å². The lowest BCUT2D eigenvalue weighted by Crippen LogP contribution is -2.48. The summed E-state index contributed by atoms with van der Waals surface area (Å²) in [4.78, 5) is 25.0. The van der Waals surface area contributed by atoms with Gasteiger partial charge in [-0.3, -0.25) is 14.5 Å². The Morgan fingerprint density at radius 2 is 2.05 bits per heavy atom. The summed E-state index contributed by atoms with van der Waals surface area (Å²) >= 11 is 0. The van der Waals surface area contributed by atoms with Gasteiger partial charge < -0.3 is 4.43 Å². The van der Waals surface area contributed by atoms with Crippen molar-refractivity contribution in [2.75, 3.05) is 6.61 Å². The molecule has 3 atom stereocenters. The predicted octanol–water partition coefficient (Wildman–Crippen LogP) is 1.61. The Balaban J connectivity index is 2.03. The van der Waals surface area contributed by atoms with Gasteiger partial charge in [0.25, 0.3) is 0 Å². The van der Waals surface area contributed by atoms with E-state index in [0.29, 0.717) is 12.5 Å². The second-order valence-corrected chi connectivity index (χ2v) is 12.2. The molecule has 2 unspecified atom stereocenters. The fourth-order valence-corrected chi connectivity index (χ4v) is 3.57. The first kappa shape index (κ1) is 14.8. The molecule has 6 heteroatoms. The minimum atomic E-state index is -1.82. The van der Waals surface area contributed by atoms with E-state index in [9.17, 15) is 9.59 Å². The average molecular weight is 281 g/mol. The van der Waals surface area contributed by atoms with Crippen molar-refractivity contribution in [3.63, 3.8) is 0 Å². The molecule has 0 radical (unpaired) electrons. The van der Waals surface area contributed by atoms with Crippen LogP contribution in [-0.2, 0) is 9.22 Å². The standard InChI is InChI=1S/C13H24BNO3Si/c1-13(2,3)19(4,5)18-7-10-8-6-9(8)11(16)15(10)12(14)17/h8-10H,6-7,14H2,1-5H3/t8?,9?,10-/m1/s1. The number of nitrogens with zero attached hydrogens (tertiary/aromatic N) is 1. The molecule has 1 aliphatic carbocycles. The molecule has 0 aromatic carbocycles. The van der Waals surface area contributed by atoms with Gasteiger partial charge in [-0.05, 0) is 30.5 Å². The van der Waals surface area contributed by atoms with Gasteiger partial charge in [-0.2, -0.15) is 0 Å². The Morgan fingerprint density at radius 3 is 2.53 bits per heavy atom. The van der Waals surface area contributed by atoms with Crippen LogP contribution in [-0.4, -0.2) is 45.4 Å². The lowest BCUT2D eigenvalue weighted by molar-refractivity contribution is -0.128. The largest absolute Gasteiger partial charge is 0.415 e. The van der Waals surface area contributed by atoms with Crippen molar-refractivity contribution in [1.82, 2.24) is 4.90 Å². The predicted molar refractivity (Wildman–Crippen MR) is 79.3 cm³/mol. The number of likely N-dealkylation sites (tertiary alicyclic amines) is 1. The van der Waals surface area contributed by atoms with Gasteiger partial charge >= 0.3 is 0 Å². The topological polar surface area (TPSA) is 46.6 Å². The van der Waals surface area contributed by atoms with Gasteiger partial charge in [0, 0.05) is 5.92 Å². The first-order valence-corrected chi connectivity index (χ1v) is 9.94. The van der Waals surface area contributed by atoms with E-state index in [4.69, 9.17) is 4.43 Å². The van der Waals surface area contributed by atoms with Crippen LogP contribution in [0, 0.1) is 11.8 Å². The van der Waals surface area contributed by atoms with Gasteiger partial charge in [-0.15, -0.1) is 0 Å². The van der Waals surface area contributed by atoms with E-state index in [1.807, 2.05) is 0 Å². The van der Waals surface area contributed by atoms with E-state index >= 15 is 0 Å². The molecular weight excluding hydrogens is 257 g/mol. The molecule has 4 nitrogen and oxygen atoms in total. The van der Waals surface area contributed by atoms with Crippen LogP contribution < -0.4 is 0 Å². The summed E-state index contributed by atoms with van der Waals surface area (Å²) in [7, 11) is -0.345.